The van der Waals surface area contributed by atoms with E-state index in [4.69, 9.17) is 17.3 Å². The van der Waals surface area contributed by atoms with Gasteiger partial charge in [-0.2, -0.15) is 0 Å². The molecule has 2 aromatic heterocycles. The first kappa shape index (κ1) is 12.9. The van der Waals surface area contributed by atoms with Gasteiger partial charge in [0.1, 0.15) is 5.15 Å². The number of pyridine rings is 1. The summed E-state index contributed by atoms with van der Waals surface area (Å²) in [6.45, 7) is 3.29. The topological polar surface area (TPSA) is 71.2 Å². The second kappa shape index (κ2) is 5.50. The van der Waals surface area contributed by atoms with Gasteiger partial charge in [-0.15, -0.1) is 0 Å². The third kappa shape index (κ3) is 2.60. The lowest BCUT2D eigenvalue weighted by Crippen LogP contribution is -2.47. The van der Waals surface area contributed by atoms with Crippen molar-refractivity contribution in [2.24, 2.45) is 0 Å². The molecule has 20 heavy (non-hydrogen) atoms. The van der Waals surface area contributed by atoms with E-state index in [1.807, 2.05) is 6.07 Å². The van der Waals surface area contributed by atoms with Crippen molar-refractivity contribution in [3.8, 4) is 0 Å². The lowest BCUT2D eigenvalue weighted by molar-refractivity contribution is 0.635. The van der Waals surface area contributed by atoms with Gasteiger partial charge in [0.05, 0.1) is 5.69 Å². The predicted octanol–water partition coefficient (Wildman–Crippen LogP) is 1.43. The van der Waals surface area contributed by atoms with Crippen LogP contribution in [0.1, 0.15) is 0 Å². The molecule has 7 heteroatoms. The maximum absolute atomic E-state index is 5.96. The number of hydrogen-bond acceptors (Lipinski definition) is 6. The maximum atomic E-state index is 5.96. The zero-order valence-corrected chi connectivity index (χ0v) is 11.7. The van der Waals surface area contributed by atoms with Crippen molar-refractivity contribution in [2.75, 3.05) is 41.7 Å². The minimum atomic E-state index is 0.461. The Kier molecular flexibility index (Phi) is 3.56. The average molecular weight is 291 g/mol. The van der Waals surface area contributed by atoms with Crippen LogP contribution in [0.15, 0.2) is 30.6 Å². The molecule has 6 nitrogen and oxygen atoms in total. The number of anilines is 3. The van der Waals surface area contributed by atoms with Crippen molar-refractivity contribution in [1.82, 2.24) is 15.0 Å². The number of halogens is 1. The summed E-state index contributed by atoms with van der Waals surface area (Å²) in [5, 5.41) is 0.461. The van der Waals surface area contributed by atoms with Crippen LogP contribution in [0.2, 0.25) is 5.15 Å². The largest absolute Gasteiger partial charge is 0.396 e. The molecule has 0 radical (unpaired) electrons. The molecule has 1 saturated heterocycles. The highest BCUT2D eigenvalue weighted by Crippen LogP contribution is 2.24. The lowest BCUT2D eigenvalue weighted by Gasteiger charge is -2.35. The summed E-state index contributed by atoms with van der Waals surface area (Å²) in [6, 6.07) is 5.31. The molecule has 0 saturated carbocycles. The molecule has 0 aliphatic carbocycles. The number of nitrogens with two attached hydrogens (primary N) is 1. The molecule has 0 spiro atoms. The van der Waals surface area contributed by atoms with Crippen molar-refractivity contribution < 1.29 is 0 Å². The molecular weight excluding hydrogens is 276 g/mol. The summed E-state index contributed by atoms with van der Waals surface area (Å²) < 4.78 is 0. The van der Waals surface area contributed by atoms with Crippen LogP contribution >= 0.6 is 11.6 Å². The van der Waals surface area contributed by atoms with E-state index in [2.05, 4.69) is 24.8 Å². The van der Waals surface area contributed by atoms with E-state index in [1.165, 1.54) is 0 Å². The van der Waals surface area contributed by atoms with Crippen molar-refractivity contribution >= 4 is 29.1 Å². The molecule has 1 aliphatic heterocycles. The Morgan fingerprint density at radius 3 is 2.35 bits per heavy atom. The van der Waals surface area contributed by atoms with E-state index in [-0.39, 0.29) is 0 Å². The van der Waals surface area contributed by atoms with E-state index >= 15 is 0 Å². The Hall–Kier alpha value is -2.08. The van der Waals surface area contributed by atoms with Gasteiger partial charge in [-0.25, -0.2) is 15.0 Å². The van der Waals surface area contributed by atoms with Gasteiger partial charge in [-0.05, 0) is 18.2 Å². The zero-order chi connectivity index (χ0) is 13.9. The minimum Gasteiger partial charge on any atom is -0.396 e. The Morgan fingerprint density at radius 2 is 1.65 bits per heavy atom. The first-order chi connectivity index (χ1) is 9.74. The zero-order valence-electron chi connectivity index (χ0n) is 10.9. The first-order valence-corrected chi connectivity index (χ1v) is 6.81. The minimum absolute atomic E-state index is 0.461. The number of nitrogen functional groups attached to an aromatic ring is 1. The third-order valence-electron chi connectivity index (χ3n) is 3.29. The van der Waals surface area contributed by atoms with Crippen LogP contribution in [0.5, 0.6) is 0 Å². The molecule has 0 unspecified atom stereocenters. The quantitative estimate of drug-likeness (QED) is 0.844. The summed E-state index contributed by atoms with van der Waals surface area (Å²) in [7, 11) is 0. The Morgan fingerprint density at radius 1 is 1.00 bits per heavy atom. The summed E-state index contributed by atoms with van der Waals surface area (Å²) in [4.78, 5) is 17.1. The summed E-state index contributed by atoms with van der Waals surface area (Å²) in [5.74, 6) is 1.52. The van der Waals surface area contributed by atoms with Crippen LogP contribution < -0.4 is 15.5 Å². The summed E-state index contributed by atoms with van der Waals surface area (Å²) >= 11 is 5.94. The molecule has 2 aromatic rings. The van der Waals surface area contributed by atoms with Gasteiger partial charge in [0.2, 0.25) is 5.95 Å². The molecule has 0 amide bonds. The van der Waals surface area contributed by atoms with Gasteiger partial charge >= 0.3 is 0 Å². The van der Waals surface area contributed by atoms with Gasteiger partial charge in [-0.1, -0.05) is 11.6 Å². The molecule has 3 heterocycles. The summed E-state index contributed by atoms with van der Waals surface area (Å²) in [5.41, 5.74) is 6.62. The van der Waals surface area contributed by atoms with Crippen LogP contribution in [-0.2, 0) is 0 Å². The van der Waals surface area contributed by atoms with Crippen LogP contribution in [0.3, 0.4) is 0 Å². The summed E-state index contributed by atoms with van der Waals surface area (Å²) in [6.07, 6.45) is 3.51. The van der Waals surface area contributed by atoms with Crippen molar-refractivity contribution in [3.05, 3.63) is 35.7 Å². The lowest BCUT2D eigenvalue weighted by atomic mass is 10.3. The first-order valence-electron chi connectivity index (χ1n) is 6.43. The van der Waals surface area contributed by atoms with Gasteiger partial charge in [0, 0.05) is 38.6 Å². The van der Waals surface area contributed by atoms with Crippen molar-refractivity contribution in [3.63, 3.8) is 0 Å². The standard InChI is InChI=1S/C13H15ClN6/c14-11-3-2-10(15)12(18-11)19-6-8-20(9-7-19)13-16-4-1-5-17-13/h1-5H,6-9,15H2. The Balaban J connectivity index is 1.71. The fraction of sp³-hybridized carbons (Fsp3) is 0.308. The monoisotopic (exact) mass is 290 g/mol. The fourth-order valence-electron chi connectivity index (χ4n) is 2.26. The van der Waals surface area contributed by atoms with Crippen LogP contribution in [0.25, 0.3) is 0 Å². The molecule has 1 aliphatic rings. The van der Waals surface area contributed by atoms with Gasteiger partial charge in [0.15, 0.2) is 5.82 Å². The highest BCUT2D eigenvalue weighted by atomic mass is 35.5. The molecule has 104 valence electrons. The van der Waals surface area contributed by atoms with E-state index in [0.717, 1.165) is 37.9 Å². The molecule has 0 bridgehead atoms. The maximum Gasteiger partial charge on any atom is 0.225 e. The molecule has 0 atom stereocenters. The number of aromatic nitrogens is 3. The van der Waals surface area contributed by atoms with E-state index in [9.17, 15) is 0 Å². The third-order valence-corrected chi connectivity index (χ3v) is 3.50. The van der Waals surface area contributed by atoms with Crippen LogP contribution in [0.4, 0.5) is 17.5 Å². The van der Waals surface area contributed by atoms with Crippen molar-refractivity contribution in [1.29, 1.82) is 0 Å². The molecule has 1 fully saturated rings. The van der Waals surface area contributed by atoms with E-state index in [1.54, 1.807) is 24.5 Å². The average Bonchev–Trinajstić information content (AvgIpc) is 2.51. The number of piperazine rings is 1. The Bertz CT molecular complexity index is 583. The van der Waals surface area contributed by atoms with E-state index in [0.29, 0.717) is 10.8 Å². The smallest absolute Gasteiger partial charge is 0.225 e. The normalized spacial score (nSPS) is 15.4. The van der Waals surface area contributed by atoms with Gasteiger partial charge < -0.3 is 15.5 Å². The van der Waals surface area contributed by atoms with Gasteiger partial charge in [-0.3, -0.25) is 0 Å². The highest BCUT2D eigenvalue weighted by Gasteiger charge is 2.21. The van der Waals surface area contributed by atoms with Crippen molar-refractivity contribution in [2.45, 2.75) is 0 Å². The SMILES string of the molecule is Nc1ccc(Cl)nc1N1CCN(c2ncccn2)CC1. The molecule has 2 N–H and O–H groups in total. The van der Waals surface area contributed by atoms with Crippen LogP contribution in [-0.4, -0.2) is 41.1 Å². The number of nitrogens with zero attached hydrogens (tertiary/aromatic N) is 5. The molecular formula is C13H15ClN6. The second-order valence-corrected chi connectivity index (χ2v) is 4.96. The highest BCUT2D eigenvalue weighted by molar-refractivity contribution is 6.29. The van der Waals surface area contributed by atoms with E-state index < -0.39 is 0 Å². The van der Waals surface area contributed by atoms with Gasteiger partial charge in [0.25, 0.3) is 0 Å². The van der Waals surface area contributed by atoms with Crippen LogP contribution in [0, 0.1) is 0 Å². The number of rotatable bonds is 2. The second-order valence-electron chi connectivity index (χ2n) is 4.57. The number of hydrogen-bond donors (Lipinski definition) is 1. The fourth-order valence-corrected chi connectivity index (χ4v) is 2.41. The Labute approximate surface area is 122 Å². The predicted molar refractivity (Wildman–Crippen MR) is 80.1 cm³/mol. The molecule has 3 rings (SSSR count). The molecule has 0 aromatic carbocycles.